The van der Waals surface area contributed by atoms with Gasteiger partial charge in [-0.1, -0.05) is 6.07 Å². The number of phenols is 1. The lowest BCUT2D eigenvalue weighted by molar-refractivity contribution is -0.384. The third kappa shape index (κ3) is 3.10. The molecule has 0 amide bonds. The molecule has 0 bridgehead atoms. The maximum Gasteiger partial charge on any atom is 0.269 e. The highest BCUT2D eigenvalue weighted by Gasteiger charge is 2.28. The van der Waals surface area contributed by atoms with Gasteiger partial charge >= 0.3 is 0 Å². The lowest BCUT2D eigenvalue weighted by atomic mass is 10.1. The van der Waals surface area contributed by atoms with E-state index in [4.69, 9.17) is 9.47 Å². The van der Waals surface area contributed by atoms with E-state index in [2.05, 4.69) is 5.32 Å². The number of nitro benzene ring substituents is 1. The first-order valence-corrected chi connectivity index (χ1v) is 7.08. The fourth-order valence-corrected chi connectivity index (χ4v) is 2.54. The number of methoxy groups -OCH3 is 1. The van der Waals surface area contributed by atoms with E-state index in [-0.39, 0.29) is 23.8 Å². The largest absolute Gasteiger partial charge is 0.504 e. The molecule has 0 aromatic heterocycles. The summed E-state index contributed by atoms with van der Waals surface area (Å²) in [7, 11) is 1.49. The van der Waals surface area contributed by atoms with Crippen molar-refractivity contribution in [2.45, 2.75) is 12.3 Å². The molecule has 7 nitrogen and oxygen atoms in total. The van der Waals surface area contributed by atoms with Crippen molar-refractivity contribution in [3.05, 3.63) is 63.7 Å². The molecular weight excluding hydrogens is 300 g/mol. The second kappa shape index (κ2) is 6.23. The van der Waals surface area contributed by atoms with E-state index in [0.717, 1.165) is 11.1 Å². The lowest BCUT2D eigenvalue weighted by Crippen LogP contribution is -2.14. The van der Waals surface area contributed by atoms with Gasteiger partial charge in [-0.05, 0) is 35.4 Å². The average molecular weight is 316 g/mol. The number of non-ortho nitro benzene ring substituents is 1. The molecule has 1 saturated heterocycles. The number of rotatable bonds is 4. The number of ether oxygens (including phenoxy) is 2. The predicted octanol–water partition coefficient (Wildman–Crippen LogP) is 2.67. The standard InChI is InChI=1S/C16H16N2O5/c1-22-14-8-11(4-7-13(14)19)16-17-9-15(23-16)10-2-5-12(6-3-10)18(20)21/h2-8,15-17,19H,9H2,1H3/t15-,16-/m0/s1. The monoisotopic (exact) mass is 316 g/mol. The Kier molecular flexibility index (Phi) is 4.14. The van der Waals surface area contributed by atoms with Crippen LogP contribution in [-0.2, 0) is 4.74 Å². The molecule has 3 rings (SSSR count). The Hall–Kier alpha value is -2.64. The van der Waals surface area contributed by atoms with Crippen LogP contribution in [0.25, 0.3) is 0 Å². The summed E-state index contributed by atoms with van der Waals surface area (Å²) >= 11 is 0. The number of hydrogen-bond acceptors (Lipinski definition) is 6. The SMILES string of the molecule is COc1cc([C@H]2NC[C@@H](c3ccc([N+](=O)[O-])cc3)O2)ccc1O. The topological polar surface area (TPSA) is 93.9 Å². The van der Waals surface area contributed by atoms with Crippen LogP contribution in [0.5, 0.6) is 11.5 Å². The number of hydrogen-bond donors (Lipinski definition) is 2. The summed E-state index contributed by atoms with van der Waals surface area (Å²) in [5, 5.41) is 23.6. The Morgan fingerprint density at radius 3 is 2.61 bits per heavy atom. The van der Waals surface area contributed by atoms with Gasteiger partial charge in [0, 0.05) is 18.7 Å². The van der Waals surface area contributed by atoms with E-state index < -0.39 is 4.92 Å². The summed E-state index contributed by atoms with van der Waals surface area (Å²) < 4.78 is 11.1. The van der Waals surface area contributed by atoms with Gasteiger partial charge in [0.05, 0.1) is 18.1 Å². The maximum atomic E-state index is 10.7. The minimum Gasteiger partial charge on any atom is -0.504 e. The molecule has 2 atom stereocenters. The molecule has 7 heteroatoms. The minimum atomic E-state index is -0.428. The molecule has 0 aliphatic carbocycles. The first-order valence-electron chi connectivity index (χ1n) is 7.08. The number of nitro groups is 1. The van der Waals surface area contributed by atoms with Gasteiger partial charge < -0.3 is 14.6 Å². The van der Waals surface area contributed by atoms with Gasteiger partial charge in [-0.25, -0.2) is 0 Å². The van der Waals surface area contributed by atoms with Crippen molar-refractivity contribution in [3.63, 3.8) is 0 Å². The summed E-state index contributed by atoms with van der Waals surface area (Å²) in [5.41, 5.74) is 1.76. The van der Waals surface area contributed by atoms with E-state index in [0.29, 0.717) is 12.3 Å². The molecule has 0 radical (unpaired) electrons. The second-order valence-corrected chi connectivity index (χ2v) is 5.19. The molecule has 1 aliphatic heterocycles. The fourth-order valence-electron chi connectivity index (χ4n) is 2.54. The summed E-state index contributed by atoms with van der Waals surface area (Å²) in [5.74, 6) is 0.452. The van der Waals surface area contributed by atoms with Crippen LogP contribution >= 0.6 is 0 Å². The van der Waals surface area contributed by atoms with Gasteiger partial charge in [-0.15, -0.1) is 0 Å². The van der Waals surface area contributed by atoms with E-state index in [9.17, 15) is 15.2 Å². The maximum absolute atomic E-state index is 10.7. The van der Waals surface area contributed by atoms with Gasteiger partial charge in [0.2, 0.25) is 0 Å². The molecule has 120 valence electrons. The molecule has 0 unspecified atom stereocenters. The van der Waals surface area contributed by atoms with E-state index >= 15 is 0 Å². The zero-order valence-corrected chi connectivity index (χ0v) is 12.4. The molecule has 1 heterocycles. The van der Waals surface area contributed by atoms with E-state index in [1.54, 1.807) is 30.3 Å². The first kappa shape index (κ1) is 15.3. The molecule has 1 fully saturated rings. The summed E-state index contributed by atoms with van der Waals surface area (Å²) in [6.45, 7) is 0.589. The Morgan fingerprint density at radius 1 is 1.26 bits per heavy atom. The highest BCUT2D eigenvalue weighted by Crippen LogP contribution is 2.35. The molecule has 0 saturated carbocycles. The number of benzene rings is 2. The Bertz CT molecular complexity index is 717. The number of nitrogens with one attached hydrogen (secondary N) is 1. The lowest BCUT2D eigenvalue weighted by Gasteiger charge is -2.14. The number of aromatic hydroxyl groups is 1. The summed E-state index contributed by atoms with van der Waals surface area (Å²) in [6, 6.07) is 11.4. The molecule has 2 N–H and O–H groups in total. The van der Waals surface area contributed by atoms with Gasteiger partial charge in [-0.3, -0.25) is 15.4 Å². The third-order valence-electron chi connectivity index (χ3n) is 3.77. The smallest absolute Gasteiger partial charge is 0.269 e. The van der Waals surface area contributed by atoms with Crippen molar-refractivity contribution in [2.24, 2.45) is 0 Å². The highest BCUT2D eigenvalue weighted by molar-refractivity contribution is 5.42. The van der Waals surface area contributed by atoms with Crippen molar-refractivity contribution in [1.82, 2.24) is 5.32 Å². The average Bonchev–Trinajstić information content (AvgIpc) is 3.05. The minimum absolute atomic E-state index is 0.0551. The zero-order chi connectivity index (χ0) is 16.4. The Morgan fingerprint density at radius 2 is 1.96 bits per heavy atom. The van der Waals surface area contributed by atoms with Crippen LogP contribution in [0.4, 0.5) is 5.69 Å². The molecule has 23 heavy (non-hydrogen) atoms. The fraction of sp³-hybridized carbons (Fsp3) is 0.250. The van der Waals surface area contributed by atoms with E-state index in [1.807, 2.05) is 0 Å². The summed E-state index contributed by atoms with van der Waals surface area (Å²) in [6.07, 6.45) is -0.523. The number of nitrogens with zero attached hydrogens (tertiary/aromatic N) is 1. The second-order valence-electron chi connectivity index (χ2n) is 5.19. The molecule has 1 aliphatic rings. The van der Waals surface area contributed by atoms with Crippen molar-refractivity contribution in [3.8, 4) is 11.5 Å². The van der Waals surface area contributed by atoms with Crippen LogP contribution in [0.3, 0.4) is 0 Å². The highest BCUT2D eigenvalue weighted by atomic mass is 16.6. The van der Waals surface area contributed by atoms with Crippen LogP contribution in [0, 0.1) is 10.1 Å². The molecular formula is C16H16N2O5. The number of phenolic OH excluding ortho intramolecular Hbond substituents is 1. The van der Waals surface area contributed by atoms with Crippen LogP contribution in [0.2, 0.25) is 0 Å². The van der Waals surface area contributed by atoms with Crippen LogP contribution < -0.4 is 10.1 Å². The molecule has 2 aromatic carbocycles. The van der Waals surface area contributed by atoms with Gasteiger partial charge in [-0.2, -0.15) is 0 Å². The zero-order valence-electron chi connectivity index (χ0n) is 12.4. The van der Waals surface area contributed by atoms with E-state index in [1.165, 1.54) is 19.2 Å². The molecule has 2 aromatic rings. The van der Waals surface area contributed by atoms with Crippen molar-refractivity contribution in [1.29, 1.82) is 0 Å². The Balaban J connectivity index is 1.74. The van der Waals surface area contributed by atoms with Crippen LogP contribution in [0.15, 0.2) is 42.5 Å². The van der Waals surface area contributed by atoms with Crippen LogP contribution in [-0.4, -0.2) is 23.7 Å². The first-order chi connectivity index (χ1) is 11.1. The Labute approximate surface area is 132 Å². The van der Waals surface area contributed by atoms with Gasteiger partial charge in [0.1, 0.15) is 6.23 Å². The van der Waals surface area contributed by atoms with Gasteiger partial charge in [0.25, 0.3) is 5.69 Å². The molecule has 0 spiro atoms. The van der Waals surface area contributed by atoms with Crippen LogP contribution in [0.1, 0.15) is 23.5 Å². The van der Waals surface area contributed by atoms with Gasteiger partial charge in [0.15, 0.2) is 11.5 Å². The third-order valence-corrected chi connectivity index (χ3v) is 3.77. The normalized spacial score (nSPS) is 20.4. The quantitative estimate of drug-likeness (QED) is 0.665. The summed E-state index contributed by atoms with van der Waals surface area (Å²) in [4.78, 5) is 10.3. The van der Waals surface area contributed by atoms with Crippen molar-refractivity contribution >= 4 is 5.69 Å². The van der Waals surface area contributed by atoms with Crippen molar-refractivity contribution in [2.75, 3.05) is 13.7 Å². The predicted molar refractivity (Wildman–Crippen MR) is 82.3 cm³/mol. The van der Waals surface area contributed by atoms with Crippen molar-refractivity contribution < 1.29 is 19.5 Å².